The Morgan fingerprint density at radius 1 is 0.565 bits per heavy atom. The standard InChI is InChI=1S/C81H108N4O23/c1-80(2)59(84(51-27-23-45-15-6-8-19-49(45)63(51)80)35-31-61(90)82-33-13-39-101-72-54-22-12-38-99-73-55(41-86)105-78(68(95)67(73)94)107-76(69(72)96)58(44-89)104-54)29-25-47-17-10-18-48(71(47)98-5)26-30-60-81(3,4)64-50-20-9-7-16-46(50)24-28-52(64)85(60)36-32-62(91)83-34-14-40-102-77-70(97)74-56(42-87)106-79(77)108-75-57(43-88)103-53(21-11-37-100-74)65(92)66(75)93/h6-9,15-16,19-20,23-30,53-58,65-70,72-79,86-89,92-97H,10-14,17-18,21-22,31-44H2,1-5H3,(H-,82,83,90,91)/p+1/t53-,54-,55-,56-,57-,58-,65+,66-,67-,68-,69-,70-,72+,73-,74-,75?,76?,77-,78?,79?/m1/s1. The minimum Gasteiger partial charge on any atom is -0.496 e. The van der Waals surface area contributed by atoms with Gasteiger partial charge in [-0.15, -0.1) is 0 Å². The molecule has 27 nitrogen and oxygen atoms in total. The number of carbonyl (C=O) groups excluding carboxylic acids is 2. The summed E-state index contributed by atoms with van der Waals surface area (Å²) in [5, 5.41) is 119. The van der Waals surface area contributed by atoms with Crippen molar-refractivity contribution >= 4 is 50.4 Å². The summed E-state index contributed by atoms with van der Waals surface area (Å²) in [7, 11) is 1.71. The average molecular weight is 1510 g/mol. The van der Waals surface area contributed by atoms with Crippen molar-refractivity contribution < 1.29 is 117 Å². The molecule has 20 atom stereocenters. The van der Waals surface area contributed by atoms with Crippen LogP contribution in [0, 0.1) is 0 Å². The molecule has 19 rings (SSSR count). The molecule has 12 N–H and O–H groups in total. The zero-order valence-corrected chi connectivity index (χ0v) is 62.2. The summed E-state index contributed by atoms with van der Waals surface area (Å²) in [6, 6.07) is 25.2. The minimum absolute atomic E-state index is 0.0373. The Labute approximate surface area is 629 Å². The topological polar surface area (TPSA) is 368 Å². The number of rotatable bonds is 24. The van der Waals surface area contributed by atoms with Crippen molar-refractivity contribution in [1.29, 1.82) is 0 Å². The van der Waals surface area contributed by atoms with Crippen LogP contribution in [0.1, 0.15) is 109 Å². The molecule has 590 valence electrons. The van der Waals surface area contributed by atoms with Crippen LogP contribution < -0.4 is 15.5 Å². The molecule has 4 aromatic rings. The predicted octanol–water partition coefficient (Wildman–Crippen LogP) is 3.43. The van der Waals surface area contributed by atoms with E-state index in [0.29, 0.717) is 51.6 Å². The summed E-state index contributed by atoms with van der Waals surface area (Å²) in [5.74, 6) is 0.444. The lowest BCUT2D eigenvalue weighted by Crippen LogP contribution is -2.65. The van der Waals surface area contributed by atoms with E-state index >= 15 is 0 Å². The molecule has 4 unspecified atom stereocenters. The summed E-state index contributed by atoms with van der Waals surface area (Å²) >= 11 is 0. The highest BCUT2D eigenvalue weighted by atomic mass is 16.7. The van der Waals surface area contributed by atoms with Crippen molar-refractivity contribution in [3.8, 4) is 0 Å². The van der Waals surface area contributed by atoms with Crippen LogP contribution in [0.15, 0.2) is 120 Å². The molecule has 0 saturated carbocycles. The van der Waals surface area contributed by atoms with Gasteiger partial charge in [0, 0.05) is 87.0 Å². The van der Waals surface area contributed by atoms with Gasteiger partial charge in [-0.05, 0) is 134 Å². The van der Waals surface area contributed by atoms with E-state index in [4.69, 9.17) is 52.1 Å². The van der Waals surface area contributed by atoms with Gasteiger partial charge in [0.25, 0.3) is 0 Å². The lowest BCUT2D eigenvalue weighted by molar-refractivity contribution is -0.436. The van der Waals surface area contributed by atoms with Crippen molar-refractivity contribution in [2.45, 2.75) is 232 Å². The molecule has 0 spiro atoms. The second-order valence-corrected chi connectivity index (χ2v) is 30.7. The summed E-state index contributed by atoms with van der Waals surface area (Å²) in [5.41, 5.74) is 7.46. The quantitative estimate of drug-likeness (QED) is 0.0353. The maximum atomic E-state index is 14.0. The molecule has 12 fully saturated rings. The van der Waals surface area contributed by atoms with Gasteiger partial charge >= 0.3 is 0 Å². The number of benzene rings is 4. The molecule has 8 bridgehead atoms. The minimum atomic E-state index is -1.59. The zero-order chi connectivity index (χ0) is 76.1. The molecular weight excluding hydrogens is 1400 g/mol. The van der Waals surface area contributed by atoms with Crippen LogP contribution >= 0.6 is 0 Å². The number of nitrogens with one attached hydrogen (secondary N) is 2. The van der Waals surface area contributed by atoms with E-state index in [1.54, 1.807) is 7.11 Å². The van der Waals surface area contributed by atoms with E-state index < -0.39 is 160 Å². The van der Waals surface area contributed by atoms with Gasteiger partial charge in [-0.1, -0.05) is 74.5 Å². The number of amides is 2. The van der Waals surface area contributed by atoms with Crippen LogP contribution in [0.25, 0.3) is 21.5 Å². The van der Waals surface area contributed by atoms with Gasteiger partial charge < -0.3 is 119 Å². The van der Waals surface area contributed by atoms with Gasteiger partial charge in [0.05, 0.1) is 57.6 Å². The monoisotopic (exact) mass is 1510 g/mol. The Bertz CT molecular complexity index is 3950. The van der Waals surface area contributed by atoms with Crippen LogP contribution in [0.4, 0.5) is 11.4 Å². The van der Waals surface area contributed by atoms with Gasteiger partial charge in [0.15, 0.2) is 24.8 Å². The van der Waals surface area contributed by atoms with Gasteiger partial charge in [-0.3, -0.25) is 9.59 Å². The Morgan fingerprint density at radius 3 is 1.79 bits per heavy atom. The van der Waals surface area contributed by atoms with E-state index in [1.165, 1.54) is 5.56 Å². The van der Waals surface area contributed by atoms with E-state index in [0.717, 1.165) is 86.1 Å². The first kappa shape index (κ1) is 79.8. The van der Waals surface area contributed by atoms with Gasteiger partial charge in [0.1, 0.15) is 103 Å². The molecule has 108 heavy (non-hydrogen) atoms. The van der Waals surface area contributed by atoms with Crippen LogP contribution in [-0.4, -0.2) is 282 Å². The normalized spacial score (nSPS) is 34.2. The summed E-state index contributed by atoms with van der Waals surface area (Å²) in [6.07, 6.45) is -10.0. The number of aliphatic hydroxyl groups excluding tert-OH is 10. The number of allylic oxidation sites excluding steroid dienone is 7. The number of fused-ring (bicyclic) bond motifs is 6. The molecule has 2 amide bonds. The number of hydrogen-bond donors (Lipinski definition) is 12. The molecule has 4 aromatic carbocycles. The maximum Gasteiger partial charge on any atom is 0.226 e. The smallest absolute Gasteiger partial charge is 0.226 e. The Hall–Kier alpha value is -6.23. The van der Waals surface area contributed by atoms with Crippen molar-refractivity contribution in [2.24, 2.45) is 0 Å². The fourth-order valence-corrected chi connectivity index (χ4v) is 17.6. The third-order valence-corrected chi connectivity index (χ3v) is 23.1. The number of methoxy groups -OCH3 is 1. The number of anilines is 1. The highest BCUT2D eigenvalue weighted by Gasteiger charge is 2.55. The highest BCUT2D eigenvalue weighted by Crippen LogP contribution is 2.52. The third kappa shape index (κ3) is 16.4. The van der Waals surface area contributed by atoms with Crippen LogP contribution in [0.3, 0.4) is 0 Å². The lowest BCUT2D eigenvalue weighted by atomic mass is 9.78. The van der Waals surface area contributed by atoms with E-state index in [1.807, 2.05) is 12.1 Å². The molecule has 15 aliphatic rings. The molecule has 14 aliphatic heterocycles. The fourth-order valence-electron chi connectivity index (χ4n) is 17.6. The Kier molecular flexibility index (Phi) is 26.0. The first-order chi connectivity index (χ1) is 52.2. The molecular formula is C81H109N4O23+. The first-order valence-electron chi connectivity index (χ1n) is 38.5. The summed E-state index contributed by atoms with van der Waals surface area (Å²) < 4.78 is 69.5. The molecule has 1 aliphatic carbocycles. The molecule has 12 saturated heterocycles. The Morgan fingerprint density at radius 2 is 1.12 bits per heavy atom. The zero-order valence-electron chi connectivity index (χ0n) is 62.2. The first-order valence-corrected chi connectivity index (χ1v) is 38.5. The molecule has 27 heteroatoms. The van der Waals surface area contributed by atoms with Crippen LogP contribution in [-0.2, 0) is 72.5 Å². The van der Waals surface area contributed by atoms with E-state index in [-0.39, 0.29) is 64.2 Å². The SMILES string of the molecule is COC1=C(C=CC2=[N+](CCC(=O)NCCCO[C@H]3C4OC5[C@@H](CO)O[C@H](CCCO[C@@H]([C@H]3O)[C@@H](CO)O4)[C@H](O)[C@H]5O)c3ccc4ccccc4c3C2(C)C)CCCC1=CC=C1N(CCC(=O)NCCCO[C@H]2[C@H]3CCCO[C@H]4[C@H](O)[C@@H](O)C(OC([C@@H](CO)O3)[C@@H]2O)O[C@@H]4CO)c2ccc3ccccc3c2C1(C)C. The largest absolute Gasteiger partial charge is 0.496 e. The van der Waals surface area contributed by atoms with E-state index in [2.05, 4.69) is 133 Å². The van der Waals surface area contributed by atoms with Crippen LogP contribution in [0.2, 0.25) is 0 Å². The highest BCUT2D eigenvalue weighted by molar-refractivity contribution is 6.08. The van der Waals surface area contributed by atoms with E-state index in [9.17, 15) is 60.7 Å². The molecule has 0 aromatic heterocycles. The number of hydrogen-bond acceptors (Lipinski definition) is 24. The molecule has 0 radical (unpaired) electrons. The molecule has 14 heterocycles. The van der Waals surface area contributed by atoms with Gasteiger partial charge in [-0.2, -0.15) is 4.58 Å². The van der Waals surface area contributed by atoms with Crippen molar-refractivity contribution in [2.75, 3.05) is 91.0 Å². The average Bonchev–Trinajstić information content (AvgIpc) is 1.57. The van der Waals surface area contributed by atoms with Crippen molar-refractivity contribution in [3.05, 3.63) is 131 Å². The summed E-state index contributed by atoms with van der Waals surface area (Å²) in [6.45, 7) is 8.45. The van der Waals surface area contributed by atoms with Gasteiger partial charge in [-0.25, -0.2) is 0 Å². The van der Waals surface area contributed by atoms with Crippen LogP contribution in [0.5, 0.6) is 0 Å². The lowest BCUT2D eigenvalue weighted by Gasteiger charge is -2.47. The fraction of sp³-hybridized carbons (Fsp3) is 0.617. The second-order valence-electron chi connectivity index (χ2n) is 30.7. The number of nitrogens with zero attached hydrogens (tertiary/aromatic N) is 2. The van der Waals surface area contributed by atoms with Gasteiger partial charge in [0.2, 0.25) is 17.5 Å². The third-order valence-electron chi connectivity index (χ3n) is 23.1. The summed E-state index contributed by atoms with van der Waals surface area (Å²) in [4.78, 5) is 30.2. The second kappa shape index (κ2) is 35.2. The number of ether oxygens (including phenoxy) is 11. The number of aliphatic hydroxyl groups is 10. The predicted molar refractivity (Wildman–Crippen MR) is 395 cm³/mol. The van der Waals surface area contributed by atoms with Crippen molar-refractivity contribution in [1.82, 2.24) is 10.6 Å². The number of carbonyl (C=O) groups is 2. The van der Waals surface area contributed by atoms with Crippen molar-refractivity contribution in [3.63, 3.8) is 0 Å². The Balaban J connectivity index is 0.679. The maximum absolute atomic E-state index is 14.0.